The van der Waals surface area contributed by atoms with Crippen LogP contribution in [0, 0.1) is 137 Å². The molecule has 7 fully saturated rings. The van der Waals surface area contributed by atoms with Crippen LogP contribution in [0.3, 0.4) is 0 Å². The van der Waals surface area contributed by atoms with Gasteiger partial charge in [-0.25, -0.2) is 0 Å². The van der Waals surface area contributed by atoms with Gasteiger partial charge in [-0.3, -0.25) is 0 Å². The highest BCUT2D eigenvalue weighted by Gasteiger charge is 2.90. The maximum atomic E-state index is 2.94. The Labute approximate surface area is 333 Å². The van der Waals surface area contributed by atoms with Crippen molar-refractivity contribution in [1.82, 2.24) is 0 Å². The van der Waals surface area contributed by atoms with Crippen LogP contribution in [-0.4, -0.2) is 0 Å². The number of hydrogen-bond acceptors (Lipinski definition) is 0. The Morgan fingerprint density at radius 1 is 0.472 bits per heavy atom. The molecule has 0 N–H and O–H groups in total. The van der Waals surface area contributed by atoms with Crippen molar-refractivity contribution in [1.29, 1.82) is 0 Å². The zero-order valence-electron chi connectivity index (χ0n) is 40.0. The van der Waals surface area contributed by atoms with Crippen LogP contribution in [0.25, 0.3) is 0 Å². The molecular formula is C53H94. The summed E-state index contributed by atoms with van der Waals surface area (Å²) in [6, 6.07) is 0. The maximum Gasteiger partial charge on any atom is -0.0178 e. The molecule has 7 saturated carbocycles. The third-order valence-electron chi connectivity index (χ3n) is 26.2. The third kappa shape index (κ3) is 4.24. The Morgan fingerprint density at radius 2 is 1.00 bits per heavy atom. The summed E-state index contributed by atoms with van der Waals surface area (Å²) in [4.78, 5) is 0. The van der Waals surface area contributed by atoms with E-state index in [1.807, 2.05) is 0 Å². The van der Waals surface area contributed by atoms with Crippen molar-refractivity contribution in [2.75, 3.05) is 0 Å². The molecule has 17 atom stereocenters. The van der Waals surface area contributed by atoms with Crippen LogP contribution < -0.4 is 0 Å². The van der Waals surface area contributed by atoms with Crippen molar-refractivity contribution in [3.8, 4) is 0 Å². The van der Waals surface area contributed by atoms with Gasteiger partial charge in [0.1, 0.15) is 0 Å². The number of hydrogen-bond donors (Lipinski definition) is 0. The Bertz CT molecular complexity index is 1450. The van der Waals surface area contributed by atoms with Crippen LogP contribution in [0.5, 0.6) is 0 Å². The molecule has 0 aromatic carbocycles. The topological polar surface area (TPSA) is 0 Å². The van der Waals surface area contributed by atoms with Crippen molar-refractivity contribution in [2.24, 2.45) is 137 Å². The van der Waals surface area contributed by atoms with Gasteiger partial charge in [0.15, 0.2) is 0 Å². The average molecular weight is 731 g/mol. The summed E-state index contributed by atoms with van der Waals surface area (Å²) in [6.45, 7) is 60.5. The Morgan fingerprint density at radius 3 is 1.55 bits per heavy atom. The van der Waals surface area contributed by atoms with E-state index >= 15 is 0 Å². The highest BCUT2D eigenvalue weighted by atomic mass is 14.9. The fraction of sp³-hybridized carbons (Fsp3) is 1.00. The standard InChI is InChI=1S/C53H94/c1-30-23-40(24-30)49(20)43-42(46(14,15)47(49,16)17)51(22)45(12,13)41(50(43,21)48(51,18)19)25-39-28-52(26-31(2)33(4)34(5)36(52)7)38(9)53(29-39)27-32(3)35(6)44(10,11)37(53)8/h30-43H,23-29H2,1-22H3. The molecule has 0 aromatic heterocycles. The lowest BCUT2D eigenvalue weighted by Crippen LogP contribution is -2.62. The molecule has 0 radical (unpaired) electrons. The summed E-state index contributed by atoms with van der Waals surface area (Å²) in [5.41, 5.74) is 3.49. The van der Waals surface area contributed by atoms with Gasteiger partial charge in [-0.1, -0.05) is 152 Å². The minimum atomic E-state index is 0.298. The van der Waals surface area contributed by atoms with Gasteiger partial charge in [0.05, 0.1) is 0 Å². The van der Waals surface area contributed by atoms with Gasteiger partial charge >= 0.3 is 0 Å². The molecule has 7 aliphatic carbocycles. The molecule has 53 heavy (non-hydrogen) atoms. The van der Waals surface area contributed by atoms with Crippen LogP contribution in [-0.2, 0) is 0 Å². The average Bonchev–Trinajstić information content (AvgIpc) is 3.32. The molecule has 2 spiro atoms. The van der Waals surface area contributed by atoms with Gasteiger partial charge in [-0.2, -0.15) is 0 Å². The fourth-order valence-electron chi connectivity index (χ4n) is 20.8. The molecule has 0 nitrogen and oxygen atoms in total. The fourth-order valence-corrected chi connectivity index (χ4v) is 20.8. The molecule has 0 saturated heterocycles. The Hall–Kier alpha value is 0. The minimum absolute atomic E-state index is 0.298. The van der Waals surface area contributed by atoms with Crippen LogP contribution in [0.15, 0.2) is 0 Å². The molecule has 0 aromatic rings. The largest absolute Gasteiger partial charge is 0.0625 e. The predicted octanol–water partition coefficient (Wildman–Crippen LogP) is 15.7. The quantitative estimate of drug-likeness (QED) is 0.271. The molecular weight excluding hydrogens is 637 g/mol. The molecule has 7 rings (SSSR count). The highest BCUT2D eigenvalue weighted by molar-refractivity contribution is 5.37. The summed E-state index contributed by atoms with van der Waals surface area (Å²) in [5.74, 6) is 11.4. The predicted molar refractivity (Wildman–Crippen MR) is 230 cm³/mol. The van der Waals surface area contributed by atoms with E-state index in [0.717, 1.165) is 82.9 Å². The summed E-state index contributed by atoms with van der Waals surface area (Å²) in [5, 5.41) is 0. The van der Waals surface area contributed by atoms with Gasteiger partial charge in [-0.15, -0.1) is 0 Å². The lowest BCUT2D eigenvalue weighted by Gasteiger charge is -2.69. The Balaban J connectivity index is 1.39. The molecule has 306 valence electrons. The van der Waals surface area contributed by atoms with E-state index in [0.29, 0.717) is 54.1 Å². The summed E-state index contributed by atoms with van der Waals surface area (Å²) < 4.78 is 0. The molecule has 0 aliphatic heterocycles. The molecule has 0 amide bonds. The lowest BCUT2D eigenvalue weighted by atomic mass is 9.35. The van der Waals surface area contributed by atoms with Crippen LogP contribution >= 0.6 is 0 Å². The van der Waals surface area contributed by atoms with Crippen molar-refractivity contribution in [3.63, 3.8) is 0 Å². The first-order valence-corrected chi connectivity index (χ1v) is 23.9. The highest BCUT2D eigenvalue weighted by Crippen LogP contribution is 2.94. The van der Waals surface area contributed by atoms with Gasteiger partial charge in [0, 0.05) is 0 Å². The Kier molecular flexibility index (Phi) is 8.84. The van der Waals surface area contributed by atoms with Crippen molar-refractivity contribution < 1.29 is 0 Å². The normalized spacial score (nSPS) is 59.9. The van der Waals surface area contributed by atoms with E-state index in [4.69, 9.17) is 0 Å². The monoisotopic (exact) mass is 731 g/mol. The second kappa shape index (κ2) is 11.4. The van der Waals surface area contributed by atoms with E-state index in [1.54, 1.807) is 0 Å². The lowest BCUT2D eigenvalue weighted by molar-refractivity contribution is -0.209. The molecule has 0 heterocycles. The first-order chi connectivity index (χ1) is 23.9. The van der Waals surface area contributed by atoms with Crippen molar-refractivity contribution in [2.45, 2.75) is 197 Å². The van der Waals surface area contributed by atoms with Crippen LogP contribution in [0.4, 0.5) is 0 Å². The van der Waals surface area contributed by atoms with E-state index in [2.05, 4.69) is 152 Å². The second-order valence-corrected chi connectivity index (χ2v) is 27.1. The van der Waals surface area contributed by atoms with E-state index in [-0.39, 0.29) is 0 Å². The third-order valence-corrected chi connectivity index (χ3v) is 26.2. The first kappa shape index (κ1) is 41.2. The first-order valence-electron chi connectivity index (χ1n) is 23.9. The number of rotatable bonds is 3. The van der Waals surface area contributed by atoms with E-state index in [1.165, 1.54) is 44.9 Å². The zero-order chi connectivity index (χ0) is 40.0. The number of fused-ring (bicyclic) bond motifs is 5. The van der Waals surface area contributed by atoms with E-state index < -0.39 is 0 Å². The maximum absolute atomic E-state index is 2.94. The molecule has 0 heteroatoms. The van der Waals surface area contributed by atoms with Gasteiger partial charge < -0.3 is 0 Å². The van der Waals surface area contributed by atoms with Gasteiger partial charge in [-0.05, 0) is 182 Å². The van der Waals surface area contributed by atoms with Crippen molar-refractivity contribution in [3.05, 3.63) is 0 Å². The second-order valence-electron chi connectivity index (χ2n) is 27.1. The minimum Gasteiger partial charge on any atom is -0.0625 e. The van der Waals surface area contributed by atoms with Crippen LogP contribution in [0.2, 0.25) is 0 Å². The van der Waals surface area contributed by atoms with Crippen LogP contribution in [0.1, 0.15) is 197 Å². The summed E-state index contributed by atoms with van der Waals surface area (Å²) >= 11 is 0. The van der Waals surface area contributed by atoms with Gasteiger partial charge in [0.2, 0.25) is 0 Å². The van der Waals surface area contributed by atoms with E-state index in [9.17, 15) is 0 Å². The molecule has 2 bridgehead atoms. The summed E-state index contributed by atoms with van der Waals surface area (Å²) in [6.07, 6.45) is 10.3. The molecule has 7 aliphatic rings. The molecule has 17 unspecified atom stereocenters. The zero-order valence-corrected chi connectivity index (χ0v) is 40.0. The smallest absolute Gasteiger partial charge is 0.0178 e. The SMILES string of the molecule is CC1CC(C2(C)C3C(C(C)(C)C2(C)C)C2(C)C(C)(C)C(CC4CC5(CC(C)C(C)C(C)C5C)C(C)C5(C4)CC(C)C(C)C(C)(C)C5C)C3(C)C2(C)C)C1. The summed E-state index contributed by atoms with van der Waals surface area (Å²) in [7, 11) is 0. The van der Waals surface area contributed by atoms with Crippen molar-refractivity contribution >= 4 is 0 Å². The van der Waals surface area contributed by atoms with Gasteiger partial charge in [0.25, 0.3) is 0 Å².